The van der Waals surface area contributed by atoms with Crippen molar-refractivity contribution in [2.45, 2.75) is 13.8 Å². The number of hydrogen-bond donors (Lipinski definition) is 1. The molecule has 3 aromatic rings. The number of ether oxygens (including phenoxy) is 3. The van der Waals surface area contributed by atoms with Gasteiger partial charge < -0.3 is 19.5 Å². The maximum atomic E-state index is 5.39. The van der Waals surface area contributed by atoms with Crippen LogP contribution in [0.2, 0.25) is 0 Å². The van der Waals surface area contributed by atoms with E-state index in [0.29, 0.717) is 17.2 Å². The van der Waals surface area contributed by atoms with Gasteiger partial charge in [-0.2, -0.15) is 0 Å². The first kappa shape index (κ1) is 17.5. The van der Waals surface area contributed by atoms with Crippen LogP contribution in [0, 0.1) is 13.8 Å². The number of rotatable bonds is 6. The molecule has 2 heterocycles. The minimum atomic E-state index is 0.562. The highest BCUT2D eigenvalue weighted by Gasteiger charge is 2.16. The molecule has 0 aliphatic carbocycles. The molecule has 8 heteroatoms. The van der Waals surface area contributed by atoms with E-state index in [1.54, 1.807) is 44.0 Å². The molecule has 132 valence electrons. The molecular weight excluding hydrogens is 358 g/mol. The van der Waals surface area contributed by atoms with Crippen LogP contribution in [0.1, 0.15) is 9.88 Å². The predicted molar refractivity (Wildman–Crippen MR) is 102 cm³/mol. The number of benzene rings is 1. The Hall–Kier alpha value is -2.32. The molecule has 1 N–H and O–H groups in total. The van der Waals surface area contributed by atoms with Crippen molar-refractivity contribution in [3.63, 3.8) is 0 Å². The van der Waals surface area contributed by atoms with Gasteiger partial charge in [-0.25, -0.2) is 9.97 Å². The molecule has 0 spiro atoms. The van der Waals surface area contributed by atoms with E-state index >= 15 is 0 Å². The molecule has 3 rings (SSSR count). The monoisotopic (exact) mass is 377 g/mol. The molecule has 0 saturated heterocycles. The summed E-state index contributed by atoms with van der Waals surface area (Å²) in [6.45, 7) is 4.05. The molecule has 0 aliphatic heterocycles. The molecule has 0 unspecified atom stereocenters. The minimum absolute atomic E-state index is 0.562. The van der Waals surface area contributed by atoms with E-state index < -0.39 is 0 Å². The first-order valence-electron chi connectivity index (χ1n) is 7.53. The van der Waals surface area contributed by atoms with Gasteiger partial charge in [-0.15, -0.1) is 22.7 Å². The Bertz CT molecular complexity index is 864. The van der Waals surface area contributed by atoms with Crippen LogP contribution in [0.15, 0.2) is 18.3 Å². The average Bonchev–Trinajstić information content (AvgIpc) is 3.19. The van der Waals surface area contributed by atoms with Gasteiger partial charge in [-0.05, 0) is 13.8 Å². The number of nitrogens with zero attached hydrogens (tertiary/aromatic N) is 2. The second-order valence-electron chi connectivity index (χ2n) is 5.21. The second-order valence-corrected chi connectivity index (χ2v) is 7.64. The van der Waals surface area contributed by atoms with Crippen molar-refractivity contribution >= 4 is 33.5 Å². The van der Waals surface area contributed by atoms with Crippen LogP contribution in [0.3, 0.4) is 0 Å². The van der Waals surface area contributed by atoms with E-state index in [1.165, 1.54) is 0 Å². The van der Waals surface area contributed by atoms with Gasteiger partial charge in [0.05, 0.1) is 36.9 Å². The van der Waals surface area contributed by atoms with Crippen molar-refractivity contribution in [3.05, 3.63) is 28.2 Å². The standard InChI is InChI=1S/C17H19N3O3S2/c1-9-15(14-8-18-10(2)25-14)20-17(24-9)19-11-6-12(21-3)16(23-5)13(7-11)22-4/h6-8H,1-5H3,(H,19,20). The molecule has 0 saturated carbocycles. The number of aromatic nitrogens is 2. The van der Waals surface area contributed by atoms with Crippen molar-refractivity contribution in [2.75, 3.05) is 26.6 Å². The number of thiazole rings is 2. The highest BCUT2D eigenvalue weighted by atomic mass is 32.1. The van der Waals surface area contributed by atoms with Crippen LogP contribution in [0.25, 0.3) is 10.6 Å². The van der Waals surface area contributed by atoms with E-state index in [0.717, 1.165) is 31.3 Å². The number of methoxy groups -OCH3 is 3. The van der Waals surface area contributed by atoms with Crippen LogP contribution in [-0.4, -0.2) is 31.3 Å². The number of aryl methyl sites for hydroxylation is 2. The summed E-state index contributed by atoms with van der Waals surface area (Å²) in [6, 6.07) is 3.71. The first-order valence-corrected chi connectivity index (χ1v) is 9.16. The van der Waals surface area contributed by atoms with Crippen molar-refractivity contribution in [1.29, 1.82) is 0 Å². The Morgan fingerprint density at radius 1 is 0.960 bits per heavy atom. The molecule has 2 aromatic heterocycles. The van der Waals surface area contributed by atoms with Gasteiger partial charge in [-0.3, -0.25) is 0 Å². The molecule has 0 amide bonds. The highest BCUT2D eigenvalue weighted by Crippen LogP contribution is 2.41. The van der Waals surface area contributed by atoms with Gasteiger partial charge in [0.1, 0.15) is 0 Å². The quantitative estimate of drug-likeness (QED) is 0.674. The van der Waals surface area contributed by atoms with Gasteiger partial charge in [0, 0.05) is 28.9 Å². The molecule has 25 heavy (non-hydrogen) atoms. The summed E-state index contributed by atoms with van der Waals surface area (Å²) < 4.78 is 16.1. The van der Waals surface area contributed by atoms with Crippen LogP contribution in [0.4, 0.5) is 10.8 Å². The lowest BCUT2D eigenvalue weighted by molar-refractivity contribution is 0.324. The topological polar surface area (TPSA) is 65.5 Å². The zero-order valence-corrected chi connectivity index (χ0v) is 16.3. The third-order valence-corrected chi connectivity index (χ3v) is 5.37. The summed E-state index contributed by atoms with van der Waals surface area (Å²) in [7, 11) is 4.78. The third kappa shape index (κ3) is 3.54. The molecule has 1 aromatic carbocycles. The summed E-state index contributed by atoms with van der Waals surface area (Å²) >= 11 is 3.23. The fourth-order valence-electron chi connectivity index (χ4n) is 2.43. The summed E-state index contributed by atoms with van der Waals surface area (Å²) in [5.74, 6) is 1.75. The van der Waals surface area contributed by atoms with E-state index in [4.69, 9.17) is 19.2 Å². The van der Waals surface area contributed by atoms with Gasteiger partial charge in [0.25, 0.3) is 0 Å². The number of nitrogens with one attached hydrogen (secondary N) is 1. The van der Waals surface area contributed by atoms with Crippen molar-refractivity contribution in [2.24, 2.45) is 0 Å². The summed E-state index contributed by atoms with van der Waals surface area (Å²) in [5, 5.41) is 5.15. The Morgan fingerprint density at radius 3 is 2.16 bits per heavy atom. The zero-order valence-electron chi connectivity index (χ0n) is 14.7. The summed E-state index contributed by atoms with van der Waals surface area (Å²) in [5.41, 5.74) is 1.78. The van der Waals surface area contributed by atoms with Crippen LogP contribution in [-0.2, 0) is 0 Å². The summed E-state index contributed by atoms with van der Waals surface area (Å²) in [6.07, 6.45) is 1.87. The fourth-order valence-corrected chi connectivity index (χ4v) is 4.16. The Morgan fingerprint density at radius 2 is 1.64 bits per heavy atom. The maximum Gasteiger partial charge on any atom is 0.203 e. The lowest BCUT2D eigenvalue weighted by Crippen LogP contribution is -1.97. The molecule has 6 nitrogen and oxygen atoms in total. The molecule has 0 fully saturated rings. The third-order valence-electron chi connectivity index (χ3n) is 3.57. The second kappa shape index (κ2) is 7.28. The van der Waals surface area contributed by atoms with E-state index in [-0.39, 0.29) is 0 Å². The van der Waals surface area contributed by atoms with Crippen LogP contribution in [0.5, 0.6) is 17.2 Å². The largest absolute Gasteiger partial charge is 0.493 e. The summed E-state index contributed by atoms with van der Waals surface area (Å²) in [4.78, 5) is 11.2. The molecule has 0 radical (unpaired) electrons. The van der Waals surface area contributed by atoms with Crippen molar-refractivity contribution < 1.29 is 14.2 Å². The van der Waals surface area contributed by atoms with Crippen LogP contribution >= 0.6 is 22.7 Å². The zero-order chi connectivity index (χ0) is 18.0. The van der Waals surface area contributed by atoms with E-state index in [9.17, 15) is 0 Å². The Kier molecular flexibility index (Phi) is 5.10. The van der Waals surface area contributed by atoms with Crippen molar-refractivity contribution in [1.82, 2.24) is 9.97 Å². The van der Waals surface area contributed by atoms with E-state index in [1.807, 2.05) is 25.3 Å². The molecule has 0 atom stereocenters. The molecule has 0 bridgehead atoms. The van der Waals surface area contributed by atoms with Gasteiger partial charge in [-0.1, -0.05) is 0 Å². The smallest absolute Gasteiger partial charge is 0.203 e. The lowest BCUT2D eigenvalue weighted by atomic mass is 10.2. The molecule has 0 aliphatic rings. The minimum Gasteiger partial charge on any atom is -0.493 e. The van der Waals surface area contributed by atoms with Gasteiger partial charge in [0.15, 0.2) is 16.6 Å². The fraction of sp³-hybridized carbons (Fsp3) is 0.294. The first-order chi connectivity index (χ1) is 12.0. The highest BCUT2D eigenvalue weighted by molar-refractivity contribution is 7.17. The Balaban J connectivity index is 1.93. The maximum absolute atomic E-state index is 5.39. The lowest BCUT2D eigenvalue weighted by Gasteiger charge is -2.14. The number of hydrogen-bond acceptors (Lipinski definition) is 8. The van der Waals surface area contributed by atoms with Gasteiger partial charge in [0.2, 0.25) is 5.75 Å². The Labute approximate surface area is 154 Å². The van der Waals surface area contributed by atoms with Gasteiger partial charge >= 0.3 is 0 Å². The average molecular weight is 377 g/mol. The van der Waals surface area contributed by atoms with Crippen molar-refractivity contribution in [3.8, 4) is 27.8 Å². The molecular formula is C17H19N3O3S2. The predicted octanol–water partition coefficient (Wildman–Crippen LogP) is 4.65. The SMILES string of the molecule is COc1cc(Nc2nc(-c3cnc(C)s3)c(C)s2)cc(OC)c1OC. The van der Waals surface area contributed by atoms with E-state index in [2.05, 4.69) is 17.2 Å². The number of anilines is 2. The van der Waals surface area contributed by atoms with Crippen LogP contribution < -0.4 is 19.5 Å². The normalized spacial score (nSPS) is 10.6.